The predicted molar refractivity (Wildman–Crippen MR) is 25.4 cm³/mol. The molecule has 0 aromatic heterocycles. The van der Waals surface area contributed by atoms with Gasteiger partial charge in [0, 0.05) is 12.3 Å². The van der Waals surface area contributed by atoms with Crippen molar-refractivity contribution in [3.8, 4) is 0 Å². The van der Waals surface area contributed by atoms with Crippen LogP contribution in [0.3, 0.4) is 0 Å². The van der Waals surface area contributed by atoms with Gasteiger partial charge < -0.3 is 9.90 Å². The average Bonchev–Trinajstić information content (AvgIpc) is 1.67. The molecule has 0 fully saturated rings. The van der Waals surface area contributed by atoms with Gasteiger partial charge in [0.05, 0.1) is 0 Å². The highest BCUT2D eigenvalue weighted by Gasteiger charge is 1.98. The zero-order valence-electron chi connectivity index (χ0n) is 4.02. The van der Waals surface area contributed by atoms with E-state index >= 15 is 0 Å². The van der Waals surface area contributed by atoms with Crippen molar-refractivity contribution < 1.29 is 14.7 Å². The van der Waals surface area contributed by atoms with Crippen LogP contribution >= 0.6 is 11.6 Å². The second kappa shape index (κ2) is 3.43. The van der Waals surface area contributed by atoms with Gasteiger partial charge in [-0.1, -0.05) is 0 Å². The maximum absolute atomic E-state index is 10.00. The Morgan fingerprint density at radius 1 is 1.50 bits per heavy atom. The zero-order chi connectivity index (χ0) is 6.57. The van der Waals surface area contributed by atoms with Crippen molar-refractivity contribution in [3.05, 3.63) is 0 Å². The molecule has 3 nitrogen and oxygen atoms in total. The van der Waals surface area contributed by atoms with E-state index in [4.69, 9.17) is 11.6 Å². The molecule has 0 N–H and O–H groups in total. The maximum Gasteiger partial charge on any atom is 0.179 e. The molecule has 0 saturated heterocycles. The first-order valence-corrected chi connectivity index (χ1v) is 2.52. The second-order valence-electron chi connectivity index (χ2n) is 1.15. The van der Waals surface area contributed by atoms with Gasteiger partial charge in [-0.25, -0.2) is 0 Å². The minimum Gasteiger partial charge on any atom is -0.542 e. The Bertz CT molecular complexity index is 110. The molecule has 4 heteroatoms. The molecule has 46 valence electrons. The lowest BCUT2D eigenvalue weighted by atomic mass is 10.3. The number of hydrogen-bond acceptors (Lipinski definition) is 3. The first-order chi connectivity index (χ1) is 3.68. The van der Waals surface area contributed by atoms with Gasteiger partial charge in [0.15, 0.2) is 5.78 Å². The van der Waals surface area contributed by atoms with Crippen LogP contribution in [0.15, 0.2) is 0 Å². The molecule has 0 aliphatic carbocycles. The normalized spacial score (nSPS) is 8.62. The summed E-state index contributed by atoms with van der Waals surface area (Å²) in [6.45, 7) is 0. The number of carboxylic acid groups (broad SMARTS) is 1. The molecular weight excluding hydrogens is 131 g/mol. The zero-order valence-corrected chi connectivity index (χ0v) is 4.77. The van der Waals surface area contributed by atoms with E-state index in [-0.39, 0.29) is 12.3 Å². The van der Waals surface area contributed by atoms with Crippen LogP contribution in [0, 0.1) is 0 Å². The molecule has 0 saturated carbocycles. The standard InChI is InChI=1S/C4H5ClO3/c5-2-1-3(6)4(7)8/h1-2H2,(H,7,8)/p-1. The Kier molecular flexibility index (Phi) is 3.19. The molecule has 0 aliphatic heterocycles. The Morgan fingerprint density at radius 3 is 2.12 bits per heavy atom. The highest BCUT2D eigenvalue weighted by Crippen LogP contribution is 1.84. The topological polar surface area (TPSA) is 57.2 Å². The minimum atomic E-state index is -1.66. The van der Waals surface area contributed by atoms with Crippen LogP contribution in [-0.2, 0) is 9.59 Å². The summed E-state index contributed by atoms with van der Waals surface area (Å²) in [6, 6.07) is 0. The van der Waals surface area contributed by atoms with Crippen LogP contribution in [0.2, 0.25) is 0 Å². The molecule has 0 spiro atoms. The van der Waals surface area contributed by atoms with Crippen LogP contribution < -0.4 is 5.11 Å². The van der Waals surface area contributed by atoms with Crippen LogP contribution in [0.4, 0.5) is 0 Å². The number of halogens is 1. The summed E-state index contributed by atoms with van der Waals surface area (Å²) in [5, 5.41) is 9.57. The number of aliphatic carboxylic acids is 1. The number of carbonyl (C=O) groups excluding carboxylic acids is 2. The van der Waals surface area contributed by atoms with E-state index in [1.165, 1.54) is 0 Å². The minimum absolute atomic E-state index is 0.0345. The molecule has 8 heavy (non-hydrogen) atoms. The number of Topliss-reactive ketones (excluding diaryl/α,β-unsaturated/α-hetero) is 1. The van der Waals surface area contributed by atoms with Crippen LogP contribution in [0.1, 0.15) is 6.42 Å². The van der Waals surface area contributed by atoms with Crippen molar-refractivity contribution in [2.75, 3.05) is 5.88 Å². The van der Waals surface area contributed by atoms with E-state index in [0.717, 1.165) is 0 Å². The highest BCUT2D eigenvalue weighted by molar-refractivity contribution is 6.33. The fourth-order valence-corrected chi connectivity index (χ4v) is 0.360. The number of hydrogen-bond donors (Lipinski definition) is 0. The Hall–Kier alpha value is -0.570. The number of carboxylic acids is 1. The molecule has 0 rings (SSSR count). The van der Waals surface area contributed by atoms with Gasteiger partial charge in [-0.2, -0.15) is 0 Å². The summed E-state index contributed by atoms with van der Waals surface area (Å²) < 4.78 is 0. The number of ketones is 1. The summed E-state index contributed by atoms with van der Waals surface area (Å²) in [5.41, 5.74) is 0. The summed E-state index contributed by atoms with van der Waals surface area (Å²) in [5.74, 6) is -2.57. The van der Waals surface area contributed by atoms with Gasteiger partial charge in [-0.3, -0.25) is 4.79 Å². The first kappa shape index (κ1) is 7.43. The SMILES string of the molecule is O=C([O-])C(=O)CCCl. The highest BCUT2D eigenvalue weighted by atomic mass is 35.5. The van der Waals surface area contributed by atoms with Crippen molar-refractivity contribution >= 4 is 23.4 Å². The summed E-state index contributed by atoms with van der Waals surface area (Å²) in [4.78, 5) is 19.6. The Morgan fingerprint density at radius 2 is 2.00 bits per heavy atom. The summed E-state index contributed by atoms with van der Waals surface area (Å²) in [7, 11) is 0. The van der Waals surface area contributed by atoms with E-state index in [9.17, 15) is 14.7 Å². The second-order valence-corrected chi connectivity index (χ2v) is 1.53. The van der Waals surface area contributed by atoms with Crippen LogP contribution in [-0.4, -0.2) is 17.6 Å². The van der Waals surface area contributed by atoms with Crippen molar-refractivity contribution in [2.45, 2.75) is 6.42 Å². The maximum atomic E-state index is 10.00. The van der Waals surface area contributed by atoms with Gasteiger partial charge in [0.1, 0.15) is 5.97 Å². The van der Waals surface area contributed by atoms with Gasteiger partial charge >= 0.3 is 0 Å². The molecule has 0 aliphatic rings. The lowest BCUT2D eigenvalue weighted by Gasteiger charge is -1.94. The Labute approximate surface area is 51.3 Å². The van der Waals surface area contributed by atoms with E-state index in [2.05, 4.69) is 0 Å². The fraction of sp³-hybridized carbons (Fsp3) is 0.500. The molecule has 0 bridgehead atoms. The van der Waals surface area contributed by atoms with Gasteiger partial charge in [0.2, 0.25) is 0 Å². The fourth-order valence-electron chi connectivity index (χ4n) is 0.188. The van der Waals surface area contributed by atoms with Crippen molar-refractivity contribution in [1.82, 2.24) is 0 Å². The molecular formula is C4H4ClO3-. The Balaban J connectivity index is 3.49. The van der Waals surface area contributed by atoms with Crippen molar-refractivity contribution in [2.24, 2.45) is 0 Å². The molecule has 0 atom stereocenters. The smallest absolute Gasteiger partial charge is 0.179 e. The molecule has 0 aromatic carbocycles. The van der Waals surface area contributed by atoms with E-state index in [1.807, 2.05) is 0 Å². The lowest BCUT2D eigenvalue weighted by Crippen LogP contribution is -2.31. The molecule has 0 aromatic rings. The quantitative estimate of drug-likeness (QED) is 0.366. The number of rotatable bonds is 3. The molecule has 0 amide bonds. The largest absolute Gasteiger partial charge is 0.542 e. The summed E-state index contributed by atoms with van der Waals surface area (Å²) >= 11 is 5.03. The van der Waals surface area contributed by atoms with E-state index < -0.39 is 11.8 Å². The van der Waals surface area contributed by atoms with Crippen molar-refractivity contribution in [3.63, 3.8) is 0 Å². The van der Waals surface area contributed by atoms with Crippen molar-refractivity contribution in [1.29, 1.82) is 0 Å². The van der Waals surface area contributed by atoms with E-state index in [0.29, 0.717) is 0 Å². The van der Waals surface area contributed by atoms with Gasteiger partial charge in [0.25, 0.3) is 0 Å². The third-order valence-electron chi connectivity index (χ3n) is 0.549. The average molecular weight is 136 g/mol. The molecule has 0 unspecified atom stereocenters. The van der Waals surface area contributed by atoms with E-state index in [1.54, 1.807) is 0 Å². The summed E-state index contributed by atoms with van der Waals surface area (Å²) in [6.07, 6.45) is -0.149. The van der Waals surface area contributed by atoms with Crippen LogP contribution in [0.5, 0.6) is 0 Å². The molecule has 0 heterocycles. The third kappa shape index (κ3) is 2.58. The monoisotopic (exact) mass is 135 g/mol. The number of alkyl halides is 1. The third-order valence-corrected chi connectivity index (χ3v) is 0.738. The van der Waals surface area contributed by atoms with Gasteiger partial charge in [-0.05, 0) is 0 Å². The lowest BCUT2D eigenvalue weighted by molar-refractivity contribution is -0.299. The molecule has 0 radical (unpaired) electrons. The van der Waals surface area contributed by atoms with Crippen LogP contribution in [0.25, 0.3) is 0 Å². The first-order valence-electron chi connectivity index (χ1n) is 1.98. The number of carbonyl (C=O) groups is 2. The predicted octanol–water partition coefficient (Wildman–Crippen LogP) is -1.07. The van der Waals surface area contributed by atoms with Gasteiger partial charge in [-0.15, -0.1) is 11.6 Å².